The molecule has 0 saturated heterocycles. The second-order valence-electron chi connectivity index (χ2n) is 7.03. The van der Waals surface area contributed by atoms with Gasteiger partial charge in [0, 0.05) is 34.3 Å². The van der Waals surface area contributed by atoms with Gasteiger partial charge in [-0.15, -0.1) is 0 Å². The topological polar surface area (TPSA) is 140 Å². The van der Waals surface area contributed by atoms with E-state index in [0.717, 1.165) is 6.21 Å². The van der Waals surface area contributed by atoms with Crippen LogP contribution < -0.4 is 15.5 Å². The molecule has 0 aliphatic carbocycles. The highest BCUT2D eigenvalue weighted by molar-refractivity contribution is 6.30. The Kier molecular flexibility index (Phi) is 8.25. The van der Waals surface area contributed by atoms with Crippen molar-refractivity contribution < 1.29 is 24.0 Å². The number of amides is 2. The maximum absolute atomic E-state index is 12.5. The lowest BCUT2D eigenvalue weighted by Gasteiger charge is -2.08. The molecule has 0 fully saturated rings. The average Bonchev–Trinajstić information content (AvgIpc) is 2.85. The molecule has 0 radical (unpaired) electrons. The van der Waals surface area contributed by atoms with E-state index in [2.05, 4.69) is 15.8 Å². The highest BCUT2D eigenvalue weighted by Gasteiger charge is 2.22. The summed E-state index contributed by atoms with van der Waals surface area (Å²) < 4.78 is 5.30. The number of nitro groups is 1. The van der Waals surface area contributed by atoms with Crippen LogP contribution in [0, 0.1) is 10.1 Å². The van der Waals surface area contributed by atoms with Crippen LogP contribution in [0.25, 0.3) is 0 Å². The Morgan fingerprint density at radius 1 is 1.03 bits per heavy atom. The Bertz CT molecular complexity index is 1290. The van der Waals surface area contributed by atoms with Crippen molar-refractivity contribution in [1.29, 1.82) is 0 Å². The monoisotopic (exact) mass is 494 g/mol. The molecule has 0 aromatic heterocycles. The number of esters is 1. The van der Waals surface area contributed by atoms with E-state index in [4.69, 9.17) is 16.3 Å². The number of hydrogen-bond donors (Lipinski definition) is 2. The third-order valence-corrected chi connectivity index (χ3v) is 4.87. The first-order valence-corrected chi connectivity index (χ1v) is 10.6. The van der Waals surface area contributed by atoms with Crippen LogP contribution in [-0.2, 0) is 4.79 Å². The molecule has 0 aliphatic rings. The van der Waals surface area contributed by atoms with Gasteiger partial charge in [0.1, 0.15) is 0 Å². The Morgan fingerprint density at radius 3 is 2.31 bits per heavy atom. The summed E-state index contributed by atoms with van der Waals surface area (Å²) in [5, 5.41) is 18.4. The number of hydrazone groups is 1. The quantitative estimate of drug-likeness (QED) is 0.154. The van der Waals surface area contributed by atoms with Gasteiger partial charge in [-0.05, 0) is 54.6 Å². The number of para-hydroxylation sites is 1. The zero-order chi connectivity index (χ0) is 25.4. The summed E-state index contributed by atoms with van der Waals surface area (Å²) in [6.45, 7) is 1.72. The number of hydrogen-bond acceptors (Lipinski definition) is 7. The molecule has 35 heavy (non-hydrogen) atoms. The van der Waals surface area contributed by atoms with Crippen molar-refractivity contribution in [2.24, 2.45) is 5.10 Å². The predicted molar refractivity (Wildman–Crippen MR) is 130 cm³/mol. The Balaban J connectivity index is 1.76. The van der Waals surface area contributed by atoms with Crippen molar-refractivity contribution in [3.63, 3.8) is 0 Å². The maximum Gasteiger partial charge on any atom is 0.343 e. The predicted octanol–water partition coefficient (Wildman–Crippen LogP) is 4.58. The van der Waals surface area contributed by atoms with Crippen LogP contribution in [0.2, 0.25) is 5.02 Å². The summed E-state index contributed by atoms with van der Waals surface area (Å²) in [5.41, 5.74) is 2.90. The van der Waals surface area contributed by atoms with Crippen LogP contribution in [0.3, 0.4) is 0 Å². The molecule has 11 heteroatoms. The lowest BCUT2D eigenvalue weighted by Crippen LogP contribution is -2.18. The number of nitrogens with one attached hydrogen (secondary N) is 2. The first-order chi connectivity index (χ1) is 16.8. The van der Waals surface area contributed by atoms with Gasteiger partial charge in [-0.25, -0.2) is 10.2 Å². The number of benzene rings is 3. The number of rotatable bonds is 8. The van der Waals surface area contributed by atoms with Gasteiger partial charge in [0.05, 0.1) is 16.7 Å². The van der Waals surface area contributed by atoms with Crippen molar-refractivity contribution in [2.75, 3.05) is 5.32 Å². The average molecular weight is 495 g/mol. The molecule has 0 atom stereocenters. The third-order valence-electron chi connectivity index (χ3n) is 4.62. The molecule has 0 spiro atoms. The van der Waals surface area contributed by atoms with E-state index in [1.54, 1.807) is 19.1 Å². The largest absolute Gasteiger partial charge is 0.415 e. The fourth-order valence-corrected chi connectivity index (χ4v) is 2.94. The van der Waals surface area contributed by atoms with Gasteiger partial charge < -0.3 is 10.1 Å². The number of anilines is 1. The van der Waals surface area contributed by atoms with E-state index in [1.165, 1.54) is 54.6 Å². The molecule has 10 nitrogen and oxygen atoms in total. The first-order valence-electron chi connectivity index (χ1n) is 10.3. The van der Waals surface area contributed by atoms with Crippen LogP contribution in [-0.4, -0.2) is 28.9 Å². The fraction of sp³-hybridized carbons (Fsp3) is 0.0833. The van der Waals surface area contributed by atoms with Gasteiger partial charge >= 0.3 is 11.7 Å². The summed E-state index contributed by atoms with van der Waals surface area (Å²) >= 11 is 5.82. The van der Waals surface area contributed by atoms with Gasteiger partial charge in [0.2, 0.25) is 11.7 Å². The minimum absolute atomic E-state index is 0.0967. The van der Waals surface area contributed by atoms with Crippen LogP contribution in [0.4, 0.5) is 11.4 Å². The Morgan fingerprint density at radius 2 is 1.69 bits per heavy atom. The molecule has 2 amide bonds. The summed E-state index contributed by atoms with van der Waals surface area (Å²) in [6.07, 6.45) is 1.46. The molecular weight excluding hydrogens is 476 g/mol. The van der Waals surface area contributed by atoms with Gasteiger partial charge in [0.25, 0.3) is 5.91 Å². The number of carbonyl (C=O) groups is 3. The van der Waals surface area contributed by atoms with Gasteiger partial charge in [-0.2, -0.15) is 5.10 Å². The van der Waals surface area contributed by atoms with Crippen molar-refractivity contribution in [3.8, 4) is 5.75 Å². The number of nitro benzene ring substituents is 1. The Hall–Kier alpha value is -4.57. The van der Waals surface area contributed by atoms with E-state index >= 15 is 0 Å². The van der Waals surface area contributed by atoms with Crippen molar-refractivity contribution in [3.05, 3.63) is 98.6 Å². The molecule has 3 rings (SSSR count). The van der Waals surface area contributed by atoms with Gasteiger partial charge in [-0.1, -0.05) is 24.6 Å². The SMILES string of the molecule is CCC(=O)Nc1ccc(C(=O)N/N=C/c2cccc([N+](=O)[O-])c2OC(=O)c2ccc(Cl)cc2)cc1. The second-order valence-corrected chi connectivity index (χ2v) is 7.46. The van der Waals surface area contributed by atoms with Crippen LogP contribution >= 0.6 is 11.6 Å². The molecular formula is C24H19ClN4O6. The molecule has 0 saturated carbocycles. The van der Waals surface area contributed by atoms with Crippen molar-refractivity contribution in [2.45, 2.75) is 13.3 Å². The number of ether oxygens (including phenoxy) is 1. The van der Waals surface area contributed by atoms with E-state index in [0.29, 0.717) is 17.1 Å². The highest BCUT2D eigenvalue weighted by atomic mass is 35.5. The zero-order valence-electron chi connectivity index (χ0n) is 18.4. The van der Waals surface area contributed by atoms with E-state index in [-0.39, 0.29) is 28.3 Å². The fourth-order valence-electron chi connectivity index (χ4n) is 2.82. The van der Waals surface area contributed by atoms with Crippen LogP contribution in [0.5, 0.6) is 5.75 Å². The normalized spacial score (nSPS) is 10.6. The summed E-state index contributed by atoms with van der Waals surface area (Å²) in [5.74, 6) is -1.87. The standard InChI is InChI=1S/C24H19ClN4O6/c1-2-21(30)27-19-12-8-15(9-13-19)23(31)28-26-14-17-4-3-5-20(29(33)34)22(17)35-24(32)16-6-10-18(25)11-7-16/h3-14H,2H2,1H3,(H,27,30)(H,28,31)/b26-14+. The molecule has 0 aliphatic heterocycles. The van der Waals surface area contributed by atoms with E-state index in [1.807, 2.05) is 0 Å². The first kappa shape index (κ1) is 25.1. The van der Waals surface area contributed by atoms with E-state index < -0.39 is 22.5 Å². The third kappa shape index (κ3) is 6.71. The lowest BCUT2D eigenvalue weighted by atomic mass is 10.2. The number of halogens is 1. The summed E-state index contributed by atoms with van der Waals surface area (Å²) in [7, 11) is 0. The Labute approximate surface area is 204 Å². The molecule has 3 aromatic carbocycles. The van der Waals surface area contributed by atoms with Crippen LogP contribution in [0.15, 0.2) is 71.8 Å². The molecule has 0 bridgehead atoms. The second kappa shape index (κ2) is 11.5. The van der Waals surface area contributed by atoms with Gasteiger partial charge in [0.15, 0.2) is 0 Å². The smallest absolute Gasteiger partial charge is 0.343 e. The minimum atomic E-state index is -0.829. The number of carbonyl (C=O) groups excluding carboxylic acids is 3. The molecule has 0 heterocycles. The zero-order valence-corrected chi connectivity index (χ0v) is 19.1. The molecule has 2 N–H and O–H groups in total. The summed E-state index contributed by atoms with van der Waals surface area (Å²) in [4.78, 5) is 47.1. The minimum Gasteiger partial charge on any atom is -0.415 e. The summed E-state index contributed by atoms with van der Waals surface area (Å²) in [6, 6.07) is 16.0. The molecule has 3 aromatic rings. The van der Waals surface area contributed by atoms with Crippen LogP contribution in [0.1, 0.15) is 39.6 Å². The van der Waals surface area contributed by atoms with Crippen molar-refractivity contribution >= 4 is 47.0 Å². The highest BCUT2D eigenvalue weighted by Crippen LogP contribution is 2.31. The lowest BCUT2D eigenvalue weighted by molar-refractivity contribution is -0.385. The molecule has 0 unspecified atom stereocenters. The van der Waals surface area contributed by atoms with Gasteiger partial charge in [-0.3, -0.25) is 19.7 Å². The van der Waals surface area contributed by atoms with Crippen molar-refractivity contribution in [1.82, 2.24) is 5.43 Å². The number of nitrogens with zero attached hydrogens (tertiary/aromatic N) is 2. The maximum atomic E-state index is 12.5. The van der Waals surface area contributed by atoms with E-state index in [9.17, 15) is 24.5 Å². The molecule has 178 valence electrons.